The molecule has 2 aliphatic rings. The monoisotopic (exact) mass is 245 g/mol. The predicted octanol–water partition coefficient (Wildman–Crippen LogP) is 2.56. The second-order valence-corrected chi connectivity index (χ2v) is 6.27. The normalized spacial score (nSPS) is 32.4. The summed E-state index contributed by atoms with van der Waals surface area (Å²) in [5.41, 5.74) is 2.63. The van der Waals surface area contributed by atoms with E-state index < -0.39 is 5.60 Å². The maximum Gasteiger partial charge on any atom is 0.0758 e. The average molecular weight is 245 g/mol. The van der Waals surface area contributed by atoms with Crippen LogP contribution in [0.15, 0.2) is 24.3 Å². The Balaban J connectivity index is 1.71. The molecule has 18 heavy (non-hydrogen) atoms. The molecule has 2 atom stereocenters. The maximum absolute atomic E-state index is 10.0. The predicted molar refractivity (Wildman–Crippen MR) is 73.8 cm³/mol. The van der Waals surface area contributed by atoms with Gasteiger partial charge in [-0.1, -0.05) is 24.3 Å². The number of β-amino-alcohol motifs (C(OH)–C–C–N with tert-alkyl or cyclic N) is 1. The van der Waals surface area contributed by atoms with Crippen LogP contribution < -0.4 is 0 Å². The lowest BCUT2D eigenvalue weighted by molar-refractivity contribution is 0.0677. The highest BCUT2D eigenvalue weighted by molar-refractivity contribution is 5.32. The van der Waals surface area contributed by atoms with Crippen molar-refractivity contribution in [1.29, 1.82) is 0 Å². The molecule has 98 valence electrons. The van der Waals surface area contributed by atoms with E-state index >= 15 is 0 Å². The van der Waals surface area contributed by atoms with Crippen LogP contribution in [0.5, 0.6) is 0 Å². The third-order valence-corrected chi connectivity index (χ3v) is 4.50. The summed E-state index contributed by atoms with van der Waals surface area (Å²) >= 11 is 0. The third kappa shape index (κ3) is 2.45. The van der Waals surface area contributed by atoms with Gasteiger partial charge in [-0.25, -0.2) is 0 Å². The number of aliphatic hydroxyl groups is 1. The fourth-order valence-electron chi connectivity index (χ4n) is 3.55. The van der Waals surface area contributed by atoms with Gasteiger partial charge in [-0.05, 0) is 49.7 Å². The molecule has 0 spiro atoms. The van der Waals surface area contributed by atoms with Gasteiger partial charge in [0.05, 0.1) is 5.60 Å². The first kappa shape index (κ1) is 12.2. The number of hydrogen-bond acceptors (Lipinski definition) is 2. The highest BCUT2D eigenvalue weighted by Gasteiger charge is 2.33. The Morgan fingerprint density at radius 3 is 3.00 bits per heavy atom. The van der Waals surface area contributed by atoms with Crippen LogP contribution in [0, 0.1) is 0 Å². The summed E-state index contributed by atoms with van der Waals surface area (Å²) in [6, 6.07) is 8.90. The second kappa shape index (κ2) is 4.67. The number of likely N-dealkylation sites (tertiary alicyclic amines) is 1. The van der Waals surface area contributed by atoms with Crippen molar-refractivity contribution in [2.75, 3.05) is 19.6 Å². The van der Waals surface area contributed by atoms with Gasteiger partial charge in [0.1, 0.15) is 0 Å². The van der Waals surface area contributed by atoms with E-state index in [-0.39, 0.29) is 0 Å². The molecule has 1 aromatic carbocycles. The number of rotatable bonds is 2. The zero-order chi connectivity index (χ0) is 12.6. The highest BCUT2D eigenvalue weighted by Crippen LogP contribution is 2.33. The molecule has 1 aliphatic carbocycles. The van der Waals surface area contributed by atoms with Crippen molar-refractivity contribution >= 4 is 0 Å². The van der Waals surface area contributed by atoms with Crippen molar-refractivity contribution in [3.05, 3.63) is 35.4 Å². The molecule has 1 saturated heterocycles. The van der Waals surface area contributed by atoms with Crippen molar-refractivity contribution < 1.29 is 5.11 Å². The fourth-order valence-corrected chi connectivity index (χ4v) is 3.55. The van der Waals surface area contributed by atoms with Gasteiger partial charge >= 0.3 is 0 Å². The number of fused-ring (bicyclic) bond motifs is 1. The molecule has 1 aliphatic heterocycles. The number of benzene rings is 1. The van der Waals surface area contributed by atoms with E-state index in [4.69, 9.17) is 0 Å². The molecule has 0 radical (unpaired) electrons. The van der Waals surface area contributed by atoms with Gasteiger partial charge in [-0.3, -0.25) is 4.90 Å². The van der Waals surface area contributed by atoms with Crippen molar-refractivity contribution in [3.63, 3.8) is 0 Å². The maximum atomic E-state index is 10.0. The smallest absolute Gasteiger partial charge is 0.0758 e. The summed E-state index contributed by atoms with van der Waals surface area (Å²) in [6.45, 7) is 4.96. The Morgan fingerprint density at radius 1 is 1.39 bits per heavy atom. The Labute approximate surface area is 110 Å². The van der Waals surface area contributed by atoms with Crippen LogP contribution in [-0.4, -0.2) is 35.2 Å². The van der Waals surface area contributed by atoms with Crippen LogP contribution in [-0.2, 0) is 6.42 Å². The number of aryl methyl sites for hydroxylation is 1. The lowest BCUT2D eigenvalue weighted by Gasteiger charge is -2.29. The number of nitrogens with zero attached hydrogens (tertiary/aromatic N) is 1. The van der Waals surface area contributed by atoms with Gasteiger partial charge in [0, 0.05) is 19.6 Å². The molecule has 2 unspecified atom stereocenters. The van der Waals surface area contributed by atoms with Gasteiger partial charge < -0.3 is 5.11 Å². The van der Waals surface area contributed by atoms with E-state index in [0.29, 0.717) is 5.92 Å². The van der Waals surface area contributed by atoms with Gasteiger partial charge in [-0.15, -0.1) is 0 Å². The molecular formula is C16H23NO. The quantitative estimate of drug-likeness (QED) is 0.865. The minimum absolute atomic E-state index is 0.464. The largest absolute Gasteiger partial charge is 0.389 e. The SMILES string of the molecule is CC1(O)CCN(CC2CCCc3ccccc32)C1. The van der Waals surface area contributed by atoms with Gasteiger partial charge in [0.15, 0.2) is 0 Å². The van der Waals surface area contributed by atoms with Crippen molar-refractivity contribution in [2.24, 2.45) is 0 Å². The molecule has 1 heterocycles. The Bertz CT molecular complexity index is 427. The molecule has 0 amide bonds. The van der Waals surface area contributed by atoms with E-state index in [2.05, 4.69) is 29.2 Å². The van der Waals surface area contributed by atoms with Gasteiger partial charge in [-0.2, -0.15) is 0 Å². The summed E-state index contributed by atoms with van der Waals surface area (Å²) in [4.78, 5) is 2.44. The Morgan fingerprint density at radius 2 is 2.22 bits per heavy atom. The van der Waals surface area contributed by atoms with Crippen LogP contribution in [0.1, 0.15) is 43.2 Å². The number of hydrogen-bond donors (Lipinski definition) is 1. The van der Waals surface area contributed by atoms with E-state index in [9.17, 15) is 5.11 Å². The van der Waals surface area contributed by atoms with Gasteiger partial charge in [0.2, 0.25) is 0 Å². The third-order valence-electron chi connectivity index (χ3n) is 4.50. The van der Waals surface area contributed by atoms with E-state index in [1.54, 1.807) is 11.1 Å². The second-order valence-electron chi connectivity index (χ2n) is 6.27. The molecule has 0 aromatic heterocycles. The first-order valence-corrected chi connectivity index (χ1v) is 7.17. The Hall–Kier alpha value is -0.860. The summed E-state index contributed by atoms with van der Waals surface area (Å²) in [7, 11) is 0. The fraction of sp³-hybridized carbons (Fsp3) is 0.625. The summed E-state index contributed by atoms with van der Waals surface area (Å²) in [5, 5.41) is 10.0. The lowest BCUT2D eigenvalue weighted by atomic mass is 9.82. The zero-order valence-electron chi connectivity index (χ0n) is 11.2. The zero-order valence-corrected chi connectivity index (χ0v) is 11.2. The topological polar surface area (TPSA) is 23.5 Å². The van der Waals surface area contributed by atoms with Crippen molar-refractivity contribution in [2.45, 2.75) is 44.1 Å². The first-order valence-electron chi connectivity index (χ1n) is 7.17. The Kier molecular flexibility index (Phi) is 3.16. The minimum Gasteiger partial charge on any atom is -0.389 e. The molecule has 1 fully saturated rings. The highest BCUT2D eigenvalue weighted by atomic mass is 16.3. The van der Waals surface area contributed by atoms with Crippen LogP contribution in [0.3, 0.4) is 0 Å². The van der Waals surface area contributed by atoms with Gasteiger partial charge in [0.25, 0.3) is 0 Å². The summed E-state index contributed by atoms with van der Waals surface area (Å²) < 4.78 is 0. The van der Waals surface area contributed by atoms with E-state index in [1.165, 1.54) is 19.3 Å². The molecule has 1 aromatic rings. The molecule has 3 rings (SSSR count). The summed E-state index contributed by atoms with van der Waals surface area (Å²) in [5.74, 6) is 0.670. The first-order chi connectivity index (χ1) is 8.64. The molecule has 1 N–H and O–H groups in total. The minimum atomic E-state index is -0.464. The molecule has 0 bridgehead atoms. The van der Waals surface area contributed by atoms with Crippen LogP contribution in [0.25, 0.3) is 0 Å². The van der Waals surface area contributed by atoms with Crippen molar-refractivity contribution in [3.8, 4) is 0 Å². The van der Waals surface area contributed by atoms with Crippen molar-refractivity contribution in [1.82, 2.24) is 4.90 Å². The van der Waals surface area contributed by atoms with Crippen LogP contribution in [0.2, 0.25) is 0 Å². The van der Waals surface area contributed by atoms with E-state index in [0.717, 1.165) is 26.1 Å². The standard InChI is InChI=1S/C16H23NO/c1-16(18)9-10-17(12-16)11-14-7-4-6-13-5-2-3-8-15(13)14/h2-3,5,8,14,18H,4,6-7,9-12H2,1H3. The molecular weight excluding hydrogens is 222 g/mol. The molecule has 2 heteroatoms. The average Bonchev–Trinajstić information content (AvgIpc) is 2.69. The van der Waals surface area contributed by atoms with E-state index in [1.807, 2.05) is 6.92 Å². The van der Waals surface area contributed by atoms with Crippen LogP contribution >= 0.6 is 0 Å². The molecule has 0 saturated carbocycles. The lowest BCUT2D eigenvalue weighted by Crippen LogP contribution is -2.33. The summed E-state index contributed by atoms with van der Waals surface area (Å²) in [6.07, 6.45) is 4.77. The van der Waals surface area contributed by atoms with Crippen LogP contribution in [0.4, 0.5) is 0 Å². The molecule has 2 nitrogen and oxygen atoms in total.